The number of carboxylic acids is 2. The van der Waals surface area contributed by atoms with Crippen LogP contribution in [-0.2, 0) is 9.59 Å². The zero-order valence-electron chi connectivity index (χ0n) is 12.1. The maximum atomic E-state index is 10.5. The van der Waals surface area contributed by atoms with Crippen LogP contribution in [0.2, 0.25) is 0 Å². The average Bonchev–Trinajstić information content (AvgIpc) is 2.35. The molecule has 0 saturated carbocycles. The third kappa shape index (κ3) is 7.79. The minimum atomic E-state index is -1.43. The van der Waals surface area contributed by atoms with Gasteiger partial charge in [-0.3, -0.25) is 0 Å². The molecule has 0 unspecified atom stereocenters. The molecule has 0 spiro atoms. The monoisotopic (exact) mass is 311 g/mol. The van der Waals surface area contributed by atoms with Crippen molar-refractivity contribution in [3.05, 3.63) is 29.2 Å². The number of nitroso groups, excluding NO2 is 1. The molecule has 0 aromatic heterocycles. The van der Waals surface area contributed by atoms with Gasteiger partial charge in [-0.2, -0.15) is 0 Å². The van der Waals surface area contributed by atoms with Gasteiger partial charge in [0.15, 0.2) is 0 Å². The summed E-state index contributed by atoms with van der Waals surface area (Å²) in [4.78, 5) is 32.8. The van der Waals surface area contributed by atoms with E-state index in [2.05, 4.69) is 5.29 Å². The minimum Gasteiger partial charge on any atom is -0.548 e. The number of benzene rings is 1. The molecule has 1 aromatic rings. The van der Waals surface area contributed by atoms with Gasteiger partial charge in [0.25, 0.3) is 0 Å². The number of rotatable bonds is 7. The topological polar surface area (TPSA) is 116 Å². The zero-order valence-corrected chi connectivity index (χ0v) is 16.1. The van der Waals surface area contributed by atoms with Crippen LogP contribution >= 0.6 is 0 Å². The molecule has 0 aliphatic heterocycles. The van der Waals surface area contributed by atoms with Crippen LogP contribution in [0.5, 0.6) is 0 Å². The van der Waals surface area contributed by atoms with Crippen LogP contribution in [0.1, 0.15) is 0 Å². The van der Waals surface area contributed by atoms with Crippen LogP contribution < -0.4 is 79.2 Å². The van der Waals surface area contributed by atoms with Crippen LogP contribution in [0.4, 0.5) is 11.4 Å². The molecule has 0 N–H and O–H groups in total. The summed E-state index contributed by atoms with van der Waals surface area (Å²) in [5, 5.41) is 24.1. The quantitative estimate of drug-likeness (QED) is 0.279. The van der Waals surface area contributed by atoms with E-state index in [1.807, 2.05) is 0 Å². The van der Waals surface area contributed by atoms with Gasteiger partial charge in [-0.15, -0.1) is 4.91 Å². The van der Waals surface area contributed by atoms with Crippen molar-refractivity contribution >= 4 is 23.3 Å². The summed E-state index contributed by atoms with van der Waals surface area (Å²) in [6.07, 6.45) is 0. The van der Waals surface area contributed by atoms with Crippen LogP contribution in [0.25, 0.3) is 0 Å². The van der Waals surface area contributed by atoms with Crippen molar-refractivity contribution in [1.82, 2.24) is 0 Å². The molecule has 0 fully saturated rings. The molecule has 102 valence electrons. The van der Waals surface area contributed by atoms with E-state index >= 15 is 0 Å². The summed E-state index contributed by atoms with van der Waals surface area (Å²) in [6.45, 7) is -0.939. The Balaban J connectivity index is 0. The molecule has 21 heavy (non-hydrogen) atoms. The van der Waals surface area contributed by atoms with E-state index in [-0.39, 0.29) is 71.3 Å². The van der Waals surface area contributed by atoms with Crippen molar-refractivity contribution in [3.63, 3.8) is 0 Å². The van der Waals surface area contributed by atoms with Gasteiger partial charge >= 0.3 is 59.1 Å². The molecule has 0 amide bonds. The SMILES string of the molecule is CN(CC(=O)[O-])c1ccc(N(CC(=O)[O-])N=O)cc1.[Na+].[Na+]. The van der Waals surface area contributed by atoms with Gasteiger partial charge < -0.3 is 24.7 Å². The van der Waals surface area contributed by atoms with Crippen molar-refractivity contribution in [2.75, 3.05) is 30.0 Å². The fraction of sp³-hybridized carbons (Fsp3) is 0.273. The maximum Gasteiger partial charge on any atom is 1.00 e. The van der Waals surface area contributed by atoms with E-state index in [1.165, 1.54) is 29.2 Å². The first kappa shape index (κ1) is 22.6. The normalized spacial score (nSPS) is 8.81. The molecule has 1 aromatic carbocycles. The Labute approximate surface area is 165 Å². The van der Waals surface area contributed by atoms with Crippen molar-refractivity contribution in [2.45, 2.75) is 0 Å². The van der Waals surface area contributed by atoms with E-state index in [1.54, 1.807) is 7.05 Å². The van der Waals surface area contributed by atoms with E-state index < -0.39 is 18.5 Å². The Morgan fingerprint density at radius 1 is 1.00 bits per heavy atom. The van der Waals surface area contributed by atoms with E-state index in [0.29, 0.717) is 5.69 Å². The number of hydrogen-bond acceptors (Lipinski definition) is 7. The molecule has 0 radical (unpaired) electrons. The van der Waals surface area contributed by atoms with Crippen LogP contribution in [-0.4, -0.2) is 32.1 Å². The first-order chi connectivity index (χ1) is 8.93. The molecule has 8 nitrogen and oxygen atoms in total. The summed E-state index contributed by atoms with van der Waals surface area (Å²) in [5.41, 5.74) is 0.844. The van der Waals surface area contributed by atoms with Gasteiger partial charge in [-0.05, 0) is 24.3 Å². The standard InChI is InChI=1S/C11H13N3O5.2Na/c1-13(6-10(15)16)8-2-4-9(5-3-8)14(12-19)7-11(17)18;;/h2-5H,6-7H2,1H3,(H,15,16)(H,17,18);;/q;2*+1/p-2. The van der Waals surface area contributed by atoms with Gasteiger partial charge in [0.1, 0.15) is 0 Å². The second-order valence-electron chi connectivity index (χ2n) is 3.76. The second kappa shape index (κ2) is 11.0. The van der Waals surface area contributed by atoms with E-state index in [0.717, 1.165) is 5.01 Å². The predicted molar refractivity (Wildman–Crippen MR) is 62.9 cm³/mol. The molecule has 0 atom stereocenters. The second-order valence-corrected chi connectivity index (χ2v) is 3.76. The molecular weight excluding hydrogens is 300 g/mol. The first-order valence-electron chi connectivity index (χ1n) is 5.25. The Morgan fingerprint density at radius 3 is 1.81 bits per heavy atom. The molecule has 10 heteroatoms. The number of likely N-dealkylation sites (N-methyl/N-ethyl adjacent to an activating group) is 1. The van der Waals surface area contributed by atoms with Crippen LogP contribution in [0.15, 0.2) is 29.6 Å². The average molecular weight is 311 g/mol. The summed E-state index contributed by atoms with van der Waals surface area (Å²) >= 11 is 0. The number of anilines is 2. The third-order valence-corrected chi connectivity index (χ3v) is 2.33. The largest absolute Gasteiger partial charge is 1.00 e. The predicted octanol–water partition coefficient (Wildman–Crippen LogP) is -7.88. The number of hydrogen-bond donors (Lipinski definition) is 0. The molecule has 0 bridgehead atoms. The molecular formula is C11H11N3Na2O5. The van der Waals surface area contributed by atoms with Gasteiger partial charge in [0.2, 0.25) is 0 Å². The number of carboxylic acid groups (broad SMARTS) is 2. The number of aliphatic carboxylic acids is 2. The summed E-state index contributed by atoms with van der Waals surface area (Å²) in [7, 11) is 1.56. The van der Waals surface area contributed by atoms with Crippen molar-refractivity contribution in [3.8, 4) is 0 Å². The van der Waals surface area contributed by atoms with Crippen LogP contribution in [0.3, 0.4) is 0 Å². The number of carbonyl (C=O) groups is 2. The molecule has 0 aliphatic rings. The van der Waals surface area contributed by atoms with E-state index in [4.69, 9.17) is 0 Å². The van der Waals surface area contributed by atoms with Crippen molar-refractivity contribution in [1.29, 1.82) is 0 Å². The maximum absolute atomic E-state index is 10.5. The Hall–Kier alpha value is -0.640. The van der Waals surface area contributed by atoms with Crippen molar-refractivity contribution < 1.29 is 78.9 Å². The summed E-state index contributed by atoms with van der Waals surface area (Å²) in [5.74, 6) is -2.66. The fourth-order valence-electron chi connectivity index (χ4n) is 1.45. The first-order valence-corrected chi connectivity index (χ1v) is 5.25. The van der Waals surface area contributed by atoms with Crippen LogP contribution in [0, 0.1) is 4.91 Å². The summed E-state index contributed by atoms with van der Waals surface area (Å²) in [6, 6.07) is 5.97. The Kier molecular flexibility index (Phi) is 11.9. The smallest absolute Gasteiger partial charge is 0.548 e. The minimum absolute atomic E-state index is 0. The van der Waals surface area contributed by atoms with Gasteiger partial charge in [-0.1, -0.05) is 0 Å². The van der Waals surface area contributed by atoms with Gasteiger partial charge in [0.05, 0.1) is 36.0 Å². The Morgan fingerprint density at radius 2 is 1.43 bits per heavy atom. The third-order valence-electron chi connectivity index (χ3n) is 2.33. The fourth-order valence-corrected chi connectivity index (χ4v) is 1.45. The molecule has 0 heterocycles. The van der Waals surface area contributed by atoms with Crippen molar-refractivity contribution in [2.24, 2.45) is 5.29 Å². The van der Waals surface area contributed by atoms with Gasteiger partial charge in [-0.25, -0.2) is 5.01 Å². The summed E-state index contributed by atoms with van der Waals surface area (Å²) < 4.78 is 0. The molecule has 0 saturated heterocycles. The van der Waals surface area contributed by atoms with Gasteiger partial charge in [0, 0.05) is 12.7 Å². The zero-order chi connectivity index (χ0) is 14.4. The molecule has 0 aliphatic carbocycles. The molecule has 1 rings (SSSR count). The number of nitrogens with zero attached hydrogens (tertiary/aromatic N) is 3. The number of carbonyl (C=O) groups excluding carboxylic acids is 2. The Bertz CT molecular complexity index is 483. The van der Waals surface area contributed by atoms with E-state index in [9.17, 15) is 24.7 Å².